The van der Waals surface area contributed by atoms with Crippen molar-refractivity contribution in [3.63, 3.8) is 0 Å². The van der Waals surface area contributed by atoms with E-state index in [9.17, 15) is 4.79 Å². The number of para-hydroxylation sites is 2. The number of ether oxygens (including phenoxy) is 1. The Kier molecular flexibility index (Phi) is 7.40. The highest BCUT2D eigenvalue weighted by Gasteiger charge is 2.21. The Balaban J connectivity index is 1.54. The molecule has 0 bridgehead atoms. The molecule has 0 amide bonds. The summed E-state index contributed by atoms with van der Waals surface area (Å²) in [5, 5.41) is 3.34. The second kappa shape index (κ2) is 10.8. The van der Waals surface area contributed by atoms with Gasteiger partial charge in [0.15, 0.2) is 6.04 Å². The largest absolute Gasteiger partial charge is 0.464 e. The molecule has 1 aromatic heterocycles. The van der Waals surface area contributed by atoms with Crippen LogP contribution in [-0.4, -0.2) is 22.1 Å². The fourth-order valence-electron chi connectivity index (χ4n) is 4.03. The summed E-state index contributed by atoms with van der Waals surface area (Å²) in [4.78, 5) is 17.5. The summed E-state index contributed by atoms with van der Waals surface area (Å²) in [6.07, 6.45) is 3.25. The highest BCUT2D eigenvalue weighted by atomic mass is 16.5. The average Bonchev–Trinajstić information content (AvgIpc) is 3.20. The molecule has 4 rings (SSSR count). The van der Waals surface area contributed by atoms with Gasteiger partial charge in [0.1, 0.15) is 5.82 Å². The van der Waals surface area contributed by atoms with Gasteiger partial charge in [-0.1, -0.05) is 67.9 Å². The molecule has 0 aliphatic carbocycles. The Morgan fingerprint density at radius 2 is 1.70 bits per heavy atom. The monoisotopic (exact) mass is 441 g/mol. The molecule has 1 N–H and O–H groups in total. The number of hydrogen-bond donors (Lipinski definition) is 1. The molecule has 0 aliphatic heterocycles. The molecule has 33 heavy (non-hydrogen) atoms. The zero-order chi connectivity index (χ0) is 23.0. The number of aromatic nitrogens is 2. The molecule has 1 atom stereocenters. The Morgan fingerprint density at radius 3 is 2.42 bits per heavy atom. The van der Waals surface area contributed by atoms with E-state index in [1.54, 1.807) is 0 Å². The van der Waals surface area contributed by atoms with E-state index in [0.29, 0.717) is 6.61 Å². The van der Waals surface area contributed by atoms with Gasteiger partial charge in [-0.05, 0) is 48.7 Å². The summed E-state index contributed by atoms with van der Waals surface area (Å²) in [5.41, 5.74) is 5.15. The Bertz CT molecular complexity index is 1180. The predicted molar refractivity (Wildman–Crippen MR) is 133 cm³/mol. The van der Waals surface area contributed by atoms with Crippen LogP contribution in [0.15, 0.2) is 78.9 Å². The molecular weight excluding hydrogens is 410 g/mol. The van der Waals surface area contributed by atoms with E-state index in [2.05, 4.69) is 47.1 Å². The number of nitrogens with one attached hydrogen (secondary N) is 1. The number of anilines is 1. The molecule has 1 heterocycles. The number of imidazole rings is 1. The summed E-state index contributed by atoms with van der Waals surface area (Å²) in [6.45, 7) is 5.14. The molecule has 0 radical (unpaired) electrons. The number of benzene rings is 3. The maximum atomic E-state index is 12.6. The number of esters is 1. The number of fused-ring (bicyclic) bond motifs is 1. The fraction of sp³-hybridized carbons (Fsp3) is 0.286. The first-order valence-corrected chi connectivity index (χ1v) is 11.7. The molecule has 0 aliphatic rings. The van der Waals surface area contributed by atoms with Crippen LogP contribution in [-0.2, 0) is 22.5 Å². The van der Waals surface area contributed by atoms with Gasteiger partial charge in [0.25, 0.3) is 0 Å². The molecule has 170 valence electrons. The minimum atomic E-state index is -0.546. The van der Waals surface area contributed by atoms with Crippen molar-refractivity contribution < 1.29 is 9.53 Å². The summed E-state index contributed by atoms with van der Waals surface area (Å²) in [7, 11) is 0. The van der Waals surface area contributed by atoms with Crippen LogP contribution in [0.3, 0.4) is 0 Å². The van der Waals surface area contributed by atoms with Crippen LogP contribution in [0.2, 0.25) is 0 Å². The Morgan fingerprint density at radius 1 is 0.970 bits per heavy atom. The van der Waals surface area contributed by atoms with Crippen molar-refractivity contribution in [3.05, 3.63) is 95.8 Å². The second-order valence-electron chi connectivity index (χ2n) is 8.14. The first-order valence-electron chi connectivity index (χ1n) is 11.7. The quantitative estimate of drug-likeness (QED) is 0.300. The van der Waals surface area contributed by atoms with Crippen molar-refractivity contribution in [2.24, 2.45) is 0 Å². The Labute approximate surface area is 195 Å². The summed E-state index contributed by atoms with van der Waals surface area (Å²) in [6, 6.07) is 25.7. The third-order valence-electron chi connectivity index (χ3n) is 5.75. The number of carbonyl (C=O) groups is 1. The van der Waals surface area contributed by atoms with Crippen LogP contribution in [0.5, 0.6) is 0 Å². The van der Waals surface area contributed by atoms with Gasteiger partial charge in [-0.15, -0.1) is 0 Å². The molecule has 5 heteroatoms. The van der Waals surface area contributed by atoms with Crippen LogP contribution in [0.4, 0.5) is 5.69 Å². The van der Waals surface area contributed by atoms with Gasteiger partial charge in [-0.3, -0.25) is 0 Å². The summed E-state index contributed by atoms with van der Waals surface area (Å²) < 4.78 is 7.62. The maximum Gasteiger partial charge on any atom is 0.333 e. The smallest absolute Gasteiger partial charge is 0.333 e. The maximum absolute atomic E-state index is 12.6. The van der Waals surface area contributed by atoms with Crippen LogP contribution in [0, 0.1) is 0 Å². The van der Waals surface area contributed by atoms with Crippen LogP contribution >= 0.6 is 0 Å². The third kappa shape index (κ3) is 5.43. The first-order chi connectivity index (χ1) is 16.2. The molecular formula is C28H31N3O2. The molecule has 5 nitrogen and oxygen atoms in total. The Hall–Kier alpha value is -3.60. The molecule has 0 saturated carbocycles. The number of nitrogens with zero attached hydrogens (tertiary/aromatic N) is 2. The minimum absolute atomic E-state index is 0.279. The van der Waals surface area contributed by atoms with Gasteiger partial charge in [0.05, 0.1) is 17.6 Å². The summed E-state index contributed by atoms with van der Waals surface area (Å²) >= 11 is 0. The minimum Gasteiger partial charge on any atom is -0.464 e. The van der Waals surface area contributed by atoms with Gasteiger partial charge in [0.2, 0.25) is 0 Å². The lowest BCUT2D eigenvalue weighted by Crippen LogP contribution is -2.23. The zero-order valence-electron chi connectivity index (χ0n) is 19.3. The van der Waals surface area contributed by atoms with Crippen molar-refractivity contribution in [2.45, 2.75) is 45.7 Å². The van der Waals surface area contributed by atoms with Gasteiger partial charge < -0.3 is 14.6 Å². The lowest BCUT2D eigenvalue weighted by Gasteiger charge is -2.19. The molecule has 0 spiro atoms. The van der Waals surface area contributed by atoms with Crippen LogP contribution in [0.1, 0.15) is 49.7 Å². The average molecular weight is 442 g/mol. The molecule has 3 aromatic carbocycles. The zero-order valence-corrected chi connectivity index (χ0v) is 19.3. The number of rotatable bonds is 10. The first kappa shape index (κ1) is 22.6. The highest BCUT2D eigenvalue weighted by molar-refractivity contribution is 5.81. The lowest BCUT2D eigenvalue weighted by molar-refractivity contribution is -0.144. The molecule has 4 aromatic rings. The van der Waals surface area contributed by atoms with Crippen molar-refractivity contribution in [3.8, 4) is 0 Å². The summed E-state index contributed by atoms with van der Waals surface area (Å²) in [5.74, 6) is 0.852. The van der Waals surface area contributed by atoms with Gasteiger partial charge in [-0.25, -0.2) is 9.78 Å². The van der Waals surface area contributed by atoms with Gasteiger partial charge in [0, 0.05) is 18.7 Å². The van der Waals surface area contributed by atoms with Crippen LogP contribution < -0.4 is 5.32 Å². The third-order valence-corrected chi connectivity index (χ3v) is 5.75. The number of aryl methyl sites for hydroxylation is 1. The highest BCUT2D eigenvalue weighted by Crippen LogP contribution is 2.23. The number of hydrogen-bond acceptors (Lipinski definition) is 4. The van der Waals surface area contributed by atoms with E-state index in [1.807, 2.05) is 55.5 Å². The number of unbranched alkanes of at least 4 members (excludes halogenated alkanes) is 1. The van der Waals surface area contributed by atoms with E-state index < -0.39 is 6.04 Å². The van der Waals surface area contributed by atoms with E-state index in [4.69, 9.17) is 9.72 Å². The fourth-order valence-corrected chi connectivity index (χ4v) is 4.03. The second-order valence-corrected chi connectivity index (χ2v) is 8.14. The van der Waals surface area contributed by atoms with E-state index in [1.165, 1.54) is 5.56 Å². The molecule has 0 saturated heterocycles. The molecule has 1 unspecified atom stereocenters. The standard InChI is InChI=1S/C28H31N3O2/c1-3-5-15-26-30-24-13-9-10-14-25(24)31(26)20-21-16-18-23(19-17-21)29-27(28(32)33-4-2)22-11-7-6-8-12-22/h6-14,16-19,27,29H,3-5,15,20H2,1-2H3. The predicted octanol–water partition coefficient (Wildman–Crippen LogP) is 6.14. The van der Waals surface area contributed by atoms with E-state index in [0.717, 1.165) is 53.9 Å². The SMILES string of the molecule is CCCCc1nc2ccccc2n1Cc1ccc(NC(C(=O)OCC)c2ccccc2)cc1. The van der Waals surface area contributed by atoms with Gasteiger partial charge in [-0.2, -0.15) is 0 Å². The molecule has 0 fully saturated rings. The number of carbonyl (C=O) groups excluding carboxylic acids is 1. The van der Waals surface area contributed by atoms with Gasteiger partial charge >= 0.3 is 5.97 Å². The lowest BCUT2D eigenvalue weighted by atomic mass is 10.1. The topological polar surface area (TPSA) is 56.2 Å². The van der Waals surface area contributed by atoms with Crippen LogP contribution in [0.25, 0.3) is 11.0 Å². The van der Waals surface area contributed by atoms with Crippen molar-refractivity contribution in [1.29, 1.82) is 0 Å². The normalized spacial score (nSPS) is 11.9. The van der Waals surface area contributed by atoms with Crippen molar-refractivity contribution in [2.75, 3.05) is 11.9 Å². The van der Waals surface area contributed by atoms with E-state index in [-0.39, 0.29) is 5.97 Å². The van der Waals surface area contributed by atoms with Crippen molar-refractivity contribution >= 4 is 22.7 Å². The van der Waals surface area contributed by atoms with E-state index >= 15 is 0 Å². The van der Waals surface area contributed by atoms with Crippen molar-refractivity contribution in [1.82, 2.24) is 9.55 Å².